The zero-order valence-electron chi connectivity index (χ0n) is 17.2. The van der Waals surface area contributed by atoms with Crippen LogP contribution >= 0.6 is 0 Å². The lowest BCUT2D eigenvalue weighted by molar-refractivity contribution is -0.160. The van der Waals surface area contributed by atoms with Gasteiger partial charge in [0.1, 0.15) is 5.75 Å². The summed E-state index contributed by atoms with van der Waals surface area (Å²) in [5.74, 6) is 0.570. The maximum atomic E-state index is 13.1. The number of methoxy groups -OCH3 is 1. The first-order valence-electron chi connectivity index (χ1n) is 9.63. The van der Waals surface area contributed by atoms with Crippen LogP contribution in [0, 0.1) is 6.92 Å². The fraction of sp³-hybridized carbons (Fsp3) is 0.524. The van der Waals surface area contributed by atoms with E-state index in [1.54, 1.807) is 12.0 Å². The van der Waals surface area contributed by atoms with E-state index in [0.717, 1.165) is 29.0 Å². The Bertz CT molecular complexity index is 835. The summed E-state index contributed by atoms with van der Waals surface area (Å²) in [7, 11) is 5.47. The number of carbonyl (C=O) groups is 1. The van der Waals surface area contributed by atoms with Gasteiger partial charge >= 0.3 is 0 Å². The summed E-state index contributed by atoms with van der Waals surface area (Å²) >= 11 is 0. The molecule has 1 aliphatic rings. The number of carbonyl (C=O) groups excluding carboxylic acids is 1. The van der Waals surface area contributed by atoms with Gasteiger partial charge in [-0.25, -0.2) is 0 Å². The summed E-state index contributed by atoms with van der Waals surface area (Å²) in [4.78, 5) is 16.8. The molecular formula is C21H30N4O3. The van der Waals surface area contributed by atoms with Crippen LogP contribution in [0.2, 0.25) is 0 Å². The van der Waals surface area contributed by atoms with Gasteiger partial charge in [0.25, 0.3) is 5.91 Å². The van der Waals surface area contributed by atoms with Crippen molar-refractivity contribution < 1.29 is 14.6 Å². The molecule has 1 aromatic carbocycles. The Hall–Kier alpha value is -2.38. The van der Waals surface area contributed by atoms with Gasteiger partial charge in [0.05, 0.1) is 13.3 Å². The second-order valence-corrected chi connectivity index (χ2v) is 7.76. The largest absolute Gasteiger partial charge is 0.497 e. The molecule has 1 saturated heterocycles. The standard InChI is InChI=1S/C21H30N4O3/c1-16-18(12-22-24(16)3)14-23(2)15-21(27)9-6-10-25(20(21)26)13-17-7-5-8-19(11-17)28-4/h5,7-8,11-12,27H,6,9-10,13-15H2,1-4H3. The number of aromatic nitrogens is 2. The van der Waals surface area contributed by atoms with Gasteiger partial charge in [-0.3, -0.25) is 14.4 Å². The maximum Gasteiger partial charge on any atom is 0.256 e. The molecule has 1 unspecified atom stereocenters. The number of nitrogens with zero attached hydrogens (tertiary/aromatic N) is 4. The molecule has 1 aliphatic heterocycles. The van der Waals surface area contributed by atoms with Crippen LogP contribution in [-0.4, -0.2) is 63.4 Å². The van der Waals surface area contributed by atoms with Crippen molar-refractivity contribution in [1.29, 1.82) is 0 Å². The summed E-state index contributed by atoms with van der Waals surface area (Å²) in [5.41, 5.74) is 1.83. The summed E-state index contributed by atoms with van der Waals surface area (Å²) in [5, 5.41) is 15.4. The molecule has 0 radical (unpaired) electrons. The molecule has 2 heterocycles. The number of likely N-dealkylation sites (tertiary alicyclic amines) is 1. The highest BCUT2D eigenvalue weighted by Gasteiger charge is 2.42. The third kappa shape index (κ3) is 4.36. The number of hydrogen-bond acceptors (Lipinski definition) is 5. The molecule has 1 fully saturated rings. The number of rotatable bonds is 7. The van der Waals surface area contributed by atoms with E-state index in [0.29, 0.717) is 32.6 Å². The number of aliphatic hydroxyl groups is 1. The summed E-state index contributed by atoms with van der Waals surface area (Å²) < 4.78 is 7.10. The topological polar surface area (TPSA) is 70.8 Å². The monoisotopic (exact) mass is 386 g/mol. The Balaban J connectivity index is 1.66. The van der Waals surface area contributed by atoms with Crippen LogP contribution in [0.3, 0.4) is 0 Å². The highest BCUT2D eigenvalue weighted by atomic mass is 16.5. The van der Waals surface area contributed by atoms with Gasteiger partial charge < -0.3 is 14.7 Å². The van der Waals surface area contributed by atoms with Gasteiger partial charge in [-0.1, -0.05) is 12.1 Å². The molecule has 152 valence electrons. The SMILES string of the molecule is COc1cccc(CN2CCCC(O)(CN(C)Cc3cnn(C)c3C)C2=O)c1. The van der Waals surface area contributed by atoms with E-state index in [-0.39, 0.29) is 5.91 Å². The van der Waals surface area contributed by atoms with Gasteiger partial charge in [0, 0.05) is 44.5 Å². The lowest BCUT2D eigenvalue weighted by atomic mass is 9.90. The quantitative estimate of drug-likeness (QED) is 0.785. The highest BCUT2D eigenvalue weighted by Crippen LogP contribution is 2.26. The van der Waals surface area contributed by atoms with E-state index in [1.807, 2.05) is 61.1 Å². The Kier molecular flexibility index (Phi) is 6.05. The first kappa shape index (κ1) is 20.4. The number of piperidine rings is 1. The molecule has 2 aromatic rings. The van der Waals surface area contributed by atoms with Crippen molar-refractivity contribution >= 4 is 5.91 Å². The predicted octanol–water partition coefficient (Wildman–Crippen LogP) is 1.72. The van der Waals surface area contributed by atoms with Crippen molar-refractivity contribution in [3.05, 3.63) is 47.3 Å². The van der Waals surface area contributed by atoms with E-state index in [2.05, 4.69) is 5.10 Å². The molecule has 28 heavy (non-hydrogen) atoms. The van der Waals surface area contributed by atoms with Crippen molar-refractivity contribution in [2.24, 2.45) is 7.05 Å². The lowest BCUT2D eigenvalue weighted by Crippen LogP contribution is -2.57. The molecule has 0 bridgehead atoms. The van der Waals surface area contributed by atoms with E-state index in [4.69, 9.17) is 4.74 Å². The maximum absolute atomic E-state index is 13.1. The summed E-state index contributed by atoms with van der Waals surface area (Å²) in [6.07, 6.45) is 3.11. The van der Waals surface area contributed by atoms with Crippen LogP contribution in [0.4, 0.5) is 0 Å². The molecule has 1 aromatic heterocycles. The van der Waals surface area contributed by atoms with Crippen LogP contribution in [-0.2, 0) is 24.9 Å². The lowest BCUT2D eigenvalue weighted by Gasteiger charge is -2.40. The molecule has 3 rings (SSSR count). The smallest absolute Gasteiger partial charge is 0.256 e. The van der Waals surface area contributed by atoms with Crippen LogP contribution in [0.25, 0.3) is 0 Å². The van der Waals surface area contributed by atoms with Gasteiger partial charge in [-0.15, -0.1) is 0 Å². The van der Waals surface area contributed by atoms with E-state index < -0.39 is 5.60 Å². The van der Waals surface area contributed by atoms with E-state index >= 15 is 0 Å². The van der Waals surface area contributed by atoms with Crippen LogP contribution < -0.4 is 4.74 Å². The Morgan fingerprint density at radius 1 is 1.39 bits per heavy atom. The minimum Gasteiger partial charge on any atom is -0.497 e. The third-order valence-electron chi connectivity index (χ3n) is 5.52. The van der Waals surface area contributed by atoms with Gasteiger partial charge in [0.2, 0.25) is 0 Å². The summed E-state index contributed by atoms with van der Waals surface area (Å²) in [6, 6.07) is 7.70. The summed E-state index contributed by atoms with van der Waals surface area (Å²) in [6.45, 7) is 4.10. The second kappa shape index (κ2) is 8.32. The Morgan fingerprint density at radius 2 is 2.18 bits per heavy atom. The van der Waals surface area contributed by atoms with Gasteiger partial charge in [-0.05, 0) is 44.5 Å². The van der Waals surface area contributed by atoms with E-state index in [9.17, 15) is 9.90 Å². The molecule has 0 aliphatic carbocycles. The first-order valence-corrected chi connectivity index (χ1v) is 9.63. The Labute approximate surface area is 166 Å². The number of benzene rings is 1. The minimum absolute atomic E-state index is 0.198. The molecule has 7 nitrogen and oxygen atoms in total. The second-order valence-electron chi connectivity index (χ2n) is 7.76. The normalized spacial score (nSPS) is 20.1. The average Bonchev–Trinajstić information content (AvgIpc) is 2.97. The van der Waals surface area contributed by atoms with Gasteiger partial charge in [0.15, 0.2) is 5.60 Å². The van der Waals surface area contributed by atoms with Gasteiger partial charge in [-0.2, -0.15) is 5.10 Å². The van der Waals surface area contributed by atoms with Crippen molar-refractivity contribution in [3.63, 3.8) is 0 Å². The zero-order valence-corrected chi connectivity index (χ0v) is 17.2. The molecule has 0 spiro atoms. The Morgan fingerprint density at radius 3 is 2.86 bits per heavy atom. The average molecular weight is 386 g/mol. The van der Waals surface area contributed by atoms with E-state index in [1.165, 1.54) is 0 Å². The van der Waals surface area contributed by atoms with Crippen LogP contribution in [0.5, 0.6) is 5.75 Å². The predicted molar refractivity (Wildman–Crippen MR) is 107 cm³/mol. The van der Waals surface area contributed by atoms with Crippen molar-refractivity contribution in [3.8, 4) is 5.75 Å². The molecular weight excluding hydrogens is 356 g/mol. The zero-order chi connectivity index (χ0) is 20.3. The van der Waals surface area contributed by atoms with Crippen LogP contribution in [0.15, 0.2) is 30.5 Å². The number of ether oxygens (including phenoxy) is 1. The molecule has 1 atom stereocenters. The molecule has 1 amide bonds. The minimum atomic E-state index is -1.36. The molecule has 7 heteroatoms. The van der Waals surface area contributed by atoms with Crippen LogP contribution in [0.1, 0.15) is 29.7 Å². The number of likely N-dealkylation sites (N-methyl/N-ethyl adjacent to an activating group) is 1. The van der Waals surface area contributed by atoms with Crippen molar-refractivity contribution in [1.82, 2.24) is 19.6 Å². The fourth-order valence-corrected chi connectivity index (χ4v) is 3.85. The molecule has 1 N–H and O–H groups in total. The third-order valence-corrected chi connectivity index (χ3v) is 5.52. The highest BCUT2D eigenvalue weighted by molar-refractivity contribution is 5.86. The number of aryl methyl sites for hydroxylation is 1. The van der Waals surface area contributed by atoms with Crippen molar-refractivity contribution in [2.45, 2.75) is 38.5 Å². The number of hydrogen-bond donors (Lipinski definition) is 1. The first-order chi connectivity index (χ1) is 13.3. The fourth-order valence-electron chi connectivity index (χ4n) is 3.85. The number of amides is 1. The van der Waals surface area contributed by atoms with Crippen molar-refractivity contribution in [2.75, 3.05) is 27.2 Å². The molecule has 0 saturated carbocycles.